The van der Waals surface area contributed by atoms with E-state index >= 15 is 4.39 Å². The molecule has 0 amide bonds. The molecule has 0 aromatic carbocycles. The van der Waals surface area contributed by atoms with Gasteiger partial charge in [-0.1, -0.05) is 31.8 Å². The summed E-state index contributed by atoms with van der Waals surface area (Å²) in [5.41, 5.74) is 9.29. The topological polar surface area (TPSA) is 171 Å². The summed E-state index contributed by atoms with van der Waals surface area (Å²) in [5, 5.41) is 3.53. The summed E-state index contributed by atoms with van der Waals surface area (Å²) in [4.78, 5) is 43.1. The molecule has 5 atom stereocenters. The maximum Gasteiger partial charge on any atom is 0.351 e. The highest BCUT2D eigenvalue weighted by Crippen LogP contribution is 2.68. The van der Waals surface area contributed by atoms with Crippen molar-refractivity contribution < 1.29 is 28.2 Å². The van der Waals surface area contributed by atoms with Crippen molar-refractivity contribution in [3.05, 3.63) is 33.2 Å². The summed E-state index contributed by atoms with van der Waals surface area (Å²) < 4.78 is 33.1. The van der Waals surface area contributed by atoms with Gasteiger partial charge in [-0.15, -0.1) is 0 Å². The lowest BCUT2D eigenvalue weighted by Crippen LogP contribution is -2.41. The molecule has 12 nitrogen and oxygen atoms in total. The smallest absolute Gasteiger partial charge is 0.351 e. The van der Waals surface area contributed by atoms with Crippen molar-refractivity contribution in [1.29, 1.82) is 0 Å². The first-order valence-corrected chi connectivity index (χ1v) is 10.4. The Morgan fingerprint density at radius 1 is 1.34 bits per heavy atom. The molecule has 0 radical (unpaired) electrons. The van der Waals surface area contributed by atoms with E-state index in [-0.39, 0.29) is 18.7 Å². The summed E-state index contributed by atoms with van der Waals surface area (Å²) in [7, 11) is 0. The van der Waals surface area contributed by atoms with Gasteiger partial charge in [0.2, 0.25) is 11.3 Å². The second-order valence-electron chi connectivity index (χ2n) is 7.68. The molecule has 2 N–H and O–H groups in total. The molecule has 13 heteroatoms. The number of unbranched alkanes of at least 4 members (excludes halogenated alkanes) is 2. The minimum absolute atomic E-state index is 0.0259. The third-order valence-electron chi connectivity index (χ3n) is 5.50. The van der Waals surface area contributed by atoms with Crippen LogP contribution in [0.1, 0.15) is 58.6 Å². The number of aromatic nitrogens is 2. The van der Waals surface area contributed by atoms with Crippen LogP contribution in [-0.4, -0.2) is 45.1 Å². The lowest BCUT2D eigenvalue weighted by molar-refractivity contribution is -0.168. The van der Waals surface area contributed by atoms with E-state index < -0.39 is 47.5 Å². The largest absolute Gasteiger partial charge is 0.454 e. The number of nitrogen functional groups attached to an aromatic ring is 1. The normalized spacial score (nSPS) is 30.2. The van der Waals surface area contributed by atoms with Crippen molar-refractivity contribution in [3.8, 4) is 0 Å². The van der Waals surface area contributed by atoms with Crippen molar-refractivity contribution in [3.63, 3.8) is 0 Å². The Labute approximate surface area is 182 Å². The van der Waals surface area contributed by atoms with E-state index in [2.05, 4.69) is 15.0 Å². The number of halogens is 1. The first-order chi connectivity index (χ1) is 15.3. The fraction of sp³-hybridized carbons (Fsp3) is 0.684. The standard InChI is InChI=1S/C19H25FN6O6/c1-3-5-7-12(27)30-16-18(31-13(28)8-6-4-2)14(20)15(32-19(16,18)24-25-22)26-10-9-11(21)23-17(26)29/h9-10,14-16H,3-8H2,1-2H3,(H2,21,23,29)/t14-,15-,16-,18+,19?/m0/s1. The number of carbonyl (C=O) groups is 2. The molecule has 3 rings (SSSR count). The SMILES string of the molecule is CCCCC(=O)O[C@@H]1C2(N=[N+]=[N-])O[C@H](n3ccc(N)nc3=O)[C@H](F)[C@@]12OC(=O)CCCC. The summed E-state index contributed by atoms with van der Waals surface area (Å²) in [6.07, 6.45) is -1.76. The van der Waals surface area contributed by atoms with Gasteiger partial charge in [-0.2, -0.15) is 4.98 Å². The Kier molecular flexibility index (Phi) is 6.70. The quantitative estimate of drug-likeness (QED) is 0.244. The lowest BCUT2D eigenvalue weighted by atomic mass is 10.1. The number of fused-ring (bicyclic) bond motifs is 1. The Hall–Kier alpha value is -3.18. The number of hydrogen-bond acceptors (Lipinski definition) is 9. The summed E-state index contributed by atoms with van der Waals surface area (Å²) in [6, 6.07) is 1.25. The maximum atomic E-state index is 15.9. The average molecular weight is 452 g/mol. The number of nitrogens with two attached hydrogens (primary N) is 1. The van der Waals surface area contributed by atoms with Gasteiger partial charge in [-0.3, -0.25) is 14.2 Å². The number of nitrogens with zero attached hydrogens (tertiary/aromatic N) is 5. The zero-order valence-electron chi connectivity index (χ0n) is 17.8. The highest BCUT2D eigenvalue weighted by Gasteiger charge is 2.94. The van der Waals surface area contributed by atoms with Crippen LogP contribution in [0.25, 0.3) is 10.4 Å². The first-order valence-electron chi connectivity index (χ1n) is 10.4. The third-order valence-corrected chi connectivity index (χ3v) is 5.50. The van der Waals surface area contributed by atoms with Crippen LogP contribution in [0.4, 0.5) is 10.2 Å². The van der Waals surface area contributed by atoms with Gasteiger partial charge in [-0.25, -0.2) is 9.18 Å². The highest BCUT2D eigenvalue weighted by molar-refractivity contribution is 5.73. The molecule has 1 aliphatic carbocycles. The Morgan fingerprint density at radius 2 is 2.00 bits per heavy atom. The predicted octanol–water partition coefficient (Wildman–Crippen LogP) is 2.29. The van der Waals surface area contributed by atoms with Gasteiger partial charge >= 0.3 is 17.6 Å². The van der Waals surface area contributed by atoms with Gasteiger partial charge in [0.1, 0.15) is 5.82 Å². The van der Waals surface area contributed by atoms with Gasteiger partial charge in [0.25, 0.3) is 0 Å². The monoisotopic (exact) mass is 452 g/mol. The number of anilines is 1. The van der Waals surface area contributed by atoms with Gasteiger partial charge < -0.3 is 19.9 Å². The molecule has 1 saturated carbocycles. The summed E-state index contributed by atoms with van der Waals surface area (Å²) in [6.45, 7) is 3.74. The molecule has 1 saturated heterocycles. The molecular formula is C19H25FN6O6. The van der Waals surface area contributed by atoms with Crippen molar-refractivity contribution in [2.45, 2.75) is 82.2 Å². The number of ether oxygens (including phenoxy) is 3. The number of esters is 2. The van der Waals surface area contributed by atoms with Crippen LogP contribution in [0.3, 0.4) is 0 Å². The second-order valence-corrected chi connectivity index (χ2v) is 7.68. The van der Waals surface area contributed by atoms with Crippen molar-refractivity contribution >= 4 is 17.8 Å². The van der Waals surface area contributed by atoms with Crippen LogP contribution in [0.2, 0.25) is 0 Å². The lowest BCUT2D eigenvalue weighted by Gasteiger charge is -2.24. The van der Waals surface area contributed by atoms with E-state index in [1.807, 2.05) is 13.8 Å². The Bertz CT molecular complexity index is 997. The third kappa shape index (κ3) is 3.78. The zero-order chi connectivity index (χ0) is 23.5. The molecule has 0 bridgehead atoms. The second kappa shape index (κ2) is 9.13. The molecule has 1 aliphatic heterocycles. The number of alkyl halides is 1. The molecule has 1 aromatic heterocycles. The fourth-order valence-electron chi connectivity index (χ4n) is 3.81. The zero-order valence-corrected chi connectivity index (χ0v) is 17.8. The summed E-state index contributed by atoms with van der Waals surface area (Å²) >= 11 is 0. The number of rotatable bonds is 10. The molecule has 1 unspecified atom stereocenters. The molecule has 1 aromatic rings. The van der Waals surface area contributed by atoms with Gasteiger partial charge in [0, 0.05) is 24.0 Å². The molecule has 2 aliphatic rings. The van der Waals surface area contributed by atoms with Crippen LogP contribution in [0, 0.1) is 0 Å². The van der Waals surface area contributed by atoms with Crippen molar-refractivity contribution in [2.24, 2.45) is 5.11 Å². The van der Waals surface area contributed by atoms with Crippen LogP contribution in [0.5, 0.6) is 0 Å². The minimum atomic E-state index is -2.22. The van der Waals surface area contributed by atoms with Gasteiger partial charge in [0.15, 0.2) is 18.5 Å². The molecular weight excluding hydrogens is 427 g/mol. The highest BCUT2D eigenvalue weighted by atomic mass is 19.1. The number of azide groups is 1. The molecule has 32 heavy (non-hydrogen) atoms. The summed E-state index contributed by atoms with van der Waals surface area (Å²) in [5.74, 6) is -1.54. The van der Waals surface area contributed by atoms with Gasteiger partial charge in [0.05, 0.1) is 0 Å². The molecule has 174 valence electrons. The van der Waals surface area contributed by atoms with Crippen LogP contribution < -0.4 is 11.4 Å². The van der Waals surface area contributed by atoms with Crippen molar-refractivity contribution in [1.82, 2.24) is 9.55 Å². The van der Waals surface area contributed by atoms with E-state index in [0.717, 1.165) is 17.2 Å². The Balaban J connectivity index is 1.98. The Morgan fingerprint density at radius 3 is 2.59 bits per heavy atom. The van der Waals surface area contributed by atoms with E-state index in [0.29, 0.717) is 19.3 Å². The minimum Gasteiger partial charge on any atom is -0.454 e. The van der Waals surface area contributed by atoms with Crippen LogP contribution in [-0.2, 0) is 23.8 Å². The molecule has 2 fully saturated rings. The van der Waals surface area contributed by atoms with Crippen LogP contribution >= 0.6 is 0 Å². The van der Waals surface area contributed by atoms with Crippen molar-refractivity contribution in [2.75, 3.05) is 5.73 Å². The van der Waals surface area contributed by atoms with Gasteiger partial charge in [-0.05, 0) is 24.4 Å². The van der Waals surface area contributed by atoms with E-state index in [1.54, 1.807) is 0 Å². The van der Waals surface area contributed by atoms with E-state index in [9.17, 15) is 14.4 Å². The predicted molar refractivity (Wildman–Crippen MR) is 108 cm³/mol. The maximum absolute atomic E-state index is 15.9. The van der Waals surface area contributed by atoms with Crippen LogP contribution in [0.15, 0.2) is 22.2 Å². The average Bonchev–Trinajstić information content (AvgIpc) is 3.16. The van der Waals surface area contributed by atoms with E-state index in [1.165, 1.54) is 6.07 Å². The number of hydrogen-bond donors (Lipinski definition) is 1. The number of carbonyl (C=O) groups excluding carboxylic acids is 2. The molecule has 0 spiro atoms. The first kappa shape index (κ1) is 23.5. The fourth-order valence-corrected chi connectivity index (χ4v) is 3.81. The molecule has 2 heterocycles. The van der Waals surface area contributed by atoms with E-state index in [4.69, 9.17) is 25.5 Å².